The number of Topliss-reactive ketones (excluding diaryl/α,β-unsaturated/α-hetero) is 1. The summed E-state index contributed by atoms with van der Waals surface area (Å²) < 4.78 is 5.45. The molecular weight excluding hydrogens is 426 g/mol. The Morgan fingerprint density at radius 1 is 1.15 bits per heavy atom. The lowest BCUT2D eigenvalue weighted by atomic mass is 9.96. The number of carbonyl (C=O) groups is 2. The summed E-state index contributed by atoms with van der Waals surface area (Å²) in [5, 5.41) is 22.2. The third-order valence-electron chi connectivity index (χ3n) is 5.20. The van der Waals surface area contributed by atoms with Crippen molar-refractivity contribution in [3.8, 4) is 5.75 Å². The highest BCUT2D eigenvalue weighted by atomic mass is 16.6. The van der Waals surface area contributed by atoms with Crippen LogP contribution in [0, 0.1) is 10.1 Å². The maximum atomic E-state index is 13.1. The van der Waals surface area contributed by atoms with Crippen LogP contribution in [-0.4, -0.2) is 33.3 Å². The summed E-state index contributed by atoms with van der Waals surface area (Å²) in [6.07, 6.45) is 3.05. The van der Waals surface area contributed by atoms with Gasteiger partial charge in [-0.25, -0.2) is 0 Å². The zero-order chi connectivity index (χ0) is 23.5. The van der Waals surface area contributed by atoms with Crippen molar-refractivity contribution in [3.05, 3.63) is 99.9 Å². The quantitative estimate of drug-likeness (QED) is 0.200. The van der Waals surface area contributed by atoms with Gasteiger partial charge in [0.05, 0.1) is 23.1 Å². The fourth-order valence-electron chi connectivity index (χ4n) is 3.74. The first-order valence-electron chi connectivity index (χ1n) is 10.1. The highest BCUT2D eigenvalue weighted by Gasteiger charge is 2.47. The van der Waals surface area contributed by atoms with Crippen LogP contribution in [0.1, 0.15) is 24.1 Å². The molecule has 1 aromatic heterocycles. The number of ether oxygens (including phenoxy) is 1. The first kappa shape index (κ1) is 21.7. The number of nitro groups is 1. The first-order chi connectivity index (χ1) is 15.9. The van der Waals surface area contributed by atoms with E-state index in [-0.39, 0.29) is 16.8 Å². The van der Waals surface area contributed by atoms with Crippen molar-refractivity contribution in [3.63, 3.8) is 0 Å². The molecule has 4 rings (SSSR count). The molecule has 1 atom stereocenters. The number of aliphatic hydroxyl groups excluding tert-OH is 1. The molecule has 0 bridgehead atoms. The van der Waals surface area contributed by atoms with Gasteiger partial charge in [0.25, 0.3) is 17.4 Å². The van der Waals surface area contributed by atoms with Gasteiger partial charge in [-0.15, -0.1) is 0 Å². The molecule has 0 aliphatic carbocycles. The minimum absolute atomic E-state index is 0.0581. The lowest BCUT2D eigenvalue weighted by molar-refractivity contribution is -0.384. The fourth-order valence-corrected chi connectivity index (χ4v) is 3.74. The molecule has 33 heavy (non-hydrogen) atoms. The number of aromatic nitrogens is 1. The number of non-ortho nitro benzene ring substituents is 1. The van der Waals surface area contributed by atoms with Crippen molar-refractivity contribution >= 4 is 28.8 Å². The molecular formula is C24H19N3O6. The number of hydrogen-bond donors (Lipinski definition) is 1. The maximum absolute atomic E-state index is 13.1. The van der Waals surface area contributed by atoms with Gasteiger partial charge in [-0.1, -0.05) is 18.2 Å². The lowest BCUT2D eigenvalue weighted by Crippen LogP contribution is -2.29. The minimum Gasteiger partial charge on any atom is -0.507 e. The van der Waals surface area contributed by atoms with Crippen LogP contribution in [0.3, 0.4) is 0 Å². The van der Waals surface area contributed by atoms with Crippen LogP contribution in [0.5, 0.6) is 5.75 Å². The number of carbonyl (C=O) groups excluding carboxylic acids is 2. The predicted octanol–water partition coefficient (Wildman–Crippen LogP) is 4.01. The average molecular weight is 445 g/mol. The van der Waals surface area contributed by atoms with Crippen molar-refractivity contribution < 1.29 is 24.4 Å². The van der Waals surface area contributed by atoms with Gasteiger partial charge in [0, 0.05) is 35.8 Å². The van der Waals surface area contributed by atoms with Crippen LogP contribution >= 0.6 is 0 Å². The van der Waals surface area contributed by atoms with E-state index in [0.717, 1.165) is 6.07 Å². The topological polar surface area (TPSA) is 123 Å². The normalized spacial score (nSPS) is 17.2. The van der Waals surface area contributed by atoms with Crippen LogP contribution in [0.15, 0.2) is 78.6 Å². The third-order valence-corrected chi connectivity index (χ3v) is 5.20. The van der Waals surface area contributed by atoms with Gasteiger partial charge in [0.2, 0.25) is 0 Å². The Morgan fingerprint density at radius 2 is 1.91 bits per heavy atom. The molecule has 9 heteroatoms. The van der Waals surface area contributed by atoms with E-state index < -0.39 is 28.4 Å². The van der Waals surface area contributed by atoms with E-state index in [4.69, 9.17) is 4.74 Å². The van der Waals surface area contributed by atoms with Crippen LogP contribution in [0.2, 0.25) is 0 Å². The first-order valence-corrected chi connectivity index (χ1v) is 10.1. The number of benzene rings is 2. The lowest BCUT2D eigenvalue weighted by Gasteiger charge is -2.25. The van der Waals surface area contributed by atoms with Gasteiger partial charge in [0.15, 0.2) is 0 Å². The Labute approximate surface area is 188 Å². The summed E-state index contributed by atoms with van der Waals surface area (Å²) in [6, 6.07) is 14.3. The number of rotatable bonds is 6. The van der Waals surface area contributed by atoms with Crippen LogP contribution in [0.25, 0.3) is 5.76 Å². The highest BCUT2D eigenvalue weighted by Crippen LogP contribution is 2.42. The maximum Gasteiger partial charge on any atom is 0.300 e. The molecule has 3 aromatic rings. The SMILES string of the molecule is CCOc1ccc(N2C(=O)C(=O)/C(=C(\O)c3cccc([N+](=O)[O-])c3)C2c2cccnc2)cc1. The van der Waals surface area contributed by atoms with Gasteiger partial charge in [0.1, 0.15) is 11.5 Å². The molecule has 1 saturated heterocycles. The number of pyridine rings is 1. The van der Waals surface area contributed by atoms with E-state index in [1.54, 1.807) is 42.6 Å². The van der Waals surface area contributed by atoms with Gasteiger partial charge < -0.3 is 9.84 Å². The largest absolute Gasteiger partial charge is 0.507 e. The molecule has 2 aromatic carbocycles. The molecule has 166 valence electrons. The second-order valence-electron chi connectivity index (χ2n) is 7.19. The number of nitro benzene ring substituents is 1. The summed E-state index contributed by atoms with van der Waals surface area (Å²) in [7, 11) is 0. The molecule has 1 N–H and O–H groups in total. The van der Waals surface area contributed by atoms with Crippen molar-refractivity contribution in [2.24, 2.45) is 0 Å². The summed E-state index contributed by atoms with van der Waals surface area (Å²) in [4.78, 5) is 42.1. The molecule has 1 aliphatic rings. The Balaban J connectivity index is 1.88. The van der Waals surface area contributed by atoms with E-state index in [2.05, 4.69) is 4.98 Å². The smallest absolute Gasteiger partial charge is 0.300 e. The summed E-state index contributed by atoms with van der Waals surface area (Å²) in [5.74, 6) is -1.63. The van der Waals surface area contributed by atoms with E-state index in [0.29, 0.717) is 23.6 Å². The molecule has 1 amide bonds. The number of amides is 1. The number of hydrogen-bond acceptors (Lipinski definition) is 7. The zero-order valence-corrected chi connectivity index (χ0v) is 17.5. The van der Waals surface area contributed by atoms with Gasteiger partial charge in [-0.05, 0) is 42.8 Å². The summed E-state index contributed by atoms with van der Waals surface area (Å²) >= 11 is 0. The number of anilines is 1. The number of aliphatic hydroxyl groups is 1. The minimum atomic E-state index is -0.976. The van der Waals surface area contributed by atoms with Crippen molar-refractivity contribution in [1.29, 1.82) is 0 Å². The second-order valence-corrected chi connectivity index (χ2v) is 7.19. The summed E-state index contributed by atoms with van der Waals surface area (Å²) in [5.41, 5.74) is 0.549. The van der Waals surface area contributed by atoms with Crippen LogP contribution in [0.4, 0.5) is 11.4 Å². The zero-order valence-electron chi connectivity index (χ0n) is 17.5. The standard InChI is InChI=1S/C24H19N3O6/c1-2-33-19-10-8-17(9-11-19)26-21(16-6-4-12-25-14-16)20(23(29)24(26)30)22(28)15-5-3-7-18(13-15)27(31)32/h3-14,21,28H,2H2,1H3/b22-20-. The van der Waals surface area contributed by atoms with E-state index in [9.17, 15) is 24.8 Å². The van der Waals surface area contributed by atoms with Crippen molar-refractivity contribution in [1.82, 2.24) is 4.98 Å². The van der Waals surface area contributed by atoms with Crippen LogP contribution < -0.4 is 9.64 Å². The van der Waals surface area contributed by atoms with E-state index in [1.807, 2.05) is 6.92 Å². The molecule has 0 spiro atoms. The number of ketones is 1. The average Bonchev–Trinajstić information content (AvgIpc) is 3.10. The molecule has 9 nitrogen and oxygen atoms in total. The summed E-state index contributed by atoms with van der Waals surface area (Å²) in [6.45, 7) is 2.32. The Bertz CT molecular complexity index is 1250. The van der Waals surface area contributed by atoms with Gasteiger partial charge in [-0.2, -0.15) is 0 Å². The molecule has 1 unspecified atom stereocenters. The molecule has 2 heterocycles. The molecule has 0 saturated carbocycles. The number of nitrogens with zero attached hydrogens (tertiary/aromatic N) is 3. The van der Waals surface area contributed by atoms with Crippen LogP contribution in [-0.2, 0) is 9.59 Å². The predicted molar refractivity (Wildman–Crippen MR) is 120 cm³/mol. The molecule has 0 radical (unpaired) electrons. The Kier molecular flexibility index (Phi) is 5.86. The Morgan fingerprint density at radius 3 is 2.55 bits per heavy atom. The molecule has 1 fully saturated rings. The monoisotopic (exact) mass is 445 g/mol. The molecule has 1 aliphatic heterocycles. The highest BCUT2D eigenvalue weighted by molar-refractivity contribution is 6.51. The Hall–Kier alpha value is -4.53. The van der Waals surface area contributed by atoms with Gasteiger partial charge in [-0.3, -0.25) is 29.6 Å². The van der Waals surface area contributed by atoms with Crippen molar-refractivity contribution in [2.45, 2.75) is 13.0 Å². The second kappa shape index (κ2) is 8.91. The van der Waals surface area contributed by atoms with E-state index in [1.165, 1.54) is 29.3 Å². The van der Waals surface area contributed by atoms with Gasteiger partial charge >= 0.3 is 0 Å². The van der Waals surface area contributed by atoms with E-state index >= 15 is 0 Å². The third kappa shape index (κ3) is 4.03. The van der Waals surface area contributed by atoms with Crippen molar-refractivity contribution in [2.75, 3.05) is 11.5 Å². The fraction of sp³-hybridized carbons (Fsp3) is 0.125.